The second-order valence-electron chi connectivity index (χ2n) is 4.33. The third-order valence-electron chi connectivity index (χ3n) is 3.03. The van der Waals surface area contributed by atoms with Gasteiger partial charge in [0.1, 0.15) is 11.5 Å². The van der Waals surface area contributed by atoms with Crippen LogP contribution in [0, 0.1) is 11.3 Å². The molecule has 0 atom stereocenters. The highest BCUT2D eigenvalue weighted by Crippen LogP contribution is 2.32. The molecule has 0 amide bonds. The normalized spacial score (nSPS) is 10.2. The fourth-order valence-corrected chi connectivity index (χ4v) is 2.49. The van der Waals surface area contributed by atoms with E-state index in [-0.39, 0.29) is 0 Å². The van der Waals surface area contributed by atoms with Crippen LogP contribution in [0.5, 0.6) is 11.5 Å². The van der Waals surface area contributed by atoms with Crippen molar-refractivity contribution in [1.29, 1.82) is 5.26 Å². The van der Waals surface area contributed by atoms with Crippen molar-refractivity contribution in [3.8, 4) is 17.6 Å². The number of hydrogen-bond acceptors (Lipinski definition) is 2. The van der Waals surface area contributed by atoms with E-state index in [4.69, 9.17) is 10.00 Å². The molecule has 3 aromatic rings. The predicted octanol–water partition coefficient (Wildman–Crippen LogP) is 5.27. The molecule has 0 radical (unpaired) electrons. The van der Waals surface area contributed by atoms with Crippen LogP contribution < -0.4 is 4.74 Å². The van der Waals surface area contributed by atoms with Crippen LogP contribution in [0.25, 0.3) is 10.8 Å². The summed E-state index contributed by atoms with van der Waals surface area (Å²) in [5, 5.41) is 11.0. The molecule has 0 heterocycles. The highest BCUT2D eigenvalue weighted by Gasteiger charge is 2.07. The molecule has 96 valence electrons. The summed E-state index contributed by atoms with van der Waals surface area (Å²) in [6, 6.07) is 21.3. The first kappa shape index (κ1) is 12.7. The second kappa shape index (κ2) is 5.36. The molecule has 0 bridgehead atoms. The van der Waals surface area contributed by atoms with E-state index in [0.29, 0.717) is 5.56 Å². The molecule has 0 aromatic heterocycles. The summed E-state index contributed by atoms with van der Waals surface area (Å²) in [5.74, 6) is 1.51. The van der Waals surface area contributed by atoms with Gasteiger partial charge in [-0.15, -0.1) is 0 Å². The molecule has 0 saturated carbocycles. The zero-order valence-corrected chi connectivity index (χ0v) is 12.1. The van der Waals surface area contributed by atoms with Crippen molar-refractivity contribution >= 4 is 26.7 Å². The molecule has 3 heteroatoms. The third kappa shape index (κ3) is 2.38. The average Bonchev–Trinajstić information content (AvgIpc) is 2.48. The molecule has 0 N–H and O–H groups in total. The van der Waals surface area contributed by atoms with Crippen LogP contribution in [0.4, 0.5) is 0 Å². The van der Waals surface area contributed by atoms with Crippen LogP contribution in [0.1, 0.15) is 5.56 Å². The summed E-state index contributed by atoms with van der Waals surface area (Å²) in [6.45, 7) is 0. The van der Waals surface area contributed by atoms with E-state index in [1.54, 1.807) is 6.07 Å². The Labute approximate surface area is 125 Å². The van der Waals surface area contributed by atoms with E-state index < -0.39 is 0 Å². The van der Waals surface area contributed by atoms with Crippen LogP contribution >= 0.6 is 15.9 Å². The Balaban J connectivity index is 2.11. The van der Waals surface area contributed by atoms with Gasteiger partial charge in [-0.2, -0.15) is 5.26 Å². The Morgan fingerprint density at radius 1 is 0.900 bits per heavy atom. The van der Waals surface area contributed by atoms with Gasteiger partial charge in [0.05, 0.1) is 11.6 Å². The van der Waals surface area contributed by atoms with Crippen molar-refractivity contribution in [2.24, 2.45) is 0 Å². The highest BCUT2D eigenvalue weighted by molar-refractivity contribution is 9.10. The number of nitrogens with zero attached hydrogens (tertiary/aromatic N) is 1. The summed E-state index contributed by atoms with van der Waals surface area (Å²) in [6.07, 6.45) is 0. The lowest BCUT2D eigenvalue weighted by atomic mass is 10.0. The number of fused-ring (bicyclic) bond motifs is 1. The topological polar surface area (TPSA) is 33.0 Å². The van der Waals surface area contributed by atoms with Gasteiger partial charge >= 0.3 is 0 Å². The Hall–Kier alpha value is -2.31. The molecule has 0 aliphatic carbocycles. The van der Waals surface area contributed by atoms with Gasteiger partial charge in [-0.3, -0.25) is 0 Å². The van der Waals surface area contributed by atoms with E-state index in [0.717, 1.165) is 26.7 Å². The maximum Gasteiger partial charge on any atom is 0.135 e. The first-order valence-corrected chi connectivity index (χ1v) is 6.92. The molecule has 2 nitrogen and oxygen atoms in total. The van der Waals surface area contributed by atoms with Crippen LogP contribution in [0.2, 0.25) is 0 Å². The minimum atomic E-state index is 0.655. The number of halogens is 1. The minimum Gasteiger partial charge on any atom is -0.457 e. The van der Waals surface area contributed by atoms with Gasteiger partial charge in [0.15, 0.2) is 0 Å². The van der Waals surface area contributed by atoms with Gasteiger partial charge in [-0.05, 0) is 30.3 Å². The summed E-state index contributed by atoms with van der Waals surface area (Å²) in [4.78, 5) is 0. The lowest BCUT2D eigenvalue weighted by Gasteiger charge is -2.10. The zero-order valence-electron chi connectivity index (χ0n) is 10.5. The fourth-order valence-electron chi connectivity index (χ4n) is 2.12. The SMILES string of the molecule is N#Cc1ccc(Oc2cccc(Br)c2)c2ccccc12. The van der Waals surface area contributed by atoms with E-state index in [2.05, 4.69) is 22.0 Å². The van der Waals surface area contributed by atoms with Crippen LogP contribution in [-0.4, -0.2) is 0 Å². The largest absolute Gasteiger partial charge is 0.457 e. The van der Waals surface area contributed by atoms with E-state index in [1.165, 1.54) is 0 Å². The van der Waals surface area contributed by atoms with Crippen LogP contribution in [0.15, 0.2) is 65.1 Å². The zero-order chi connectivity index (χ0) is 13.9. The lowest BCUT2D eigenvalue weighted by Crippen LogP contribution is -1.88. The second-order valence-corrected chi connectivity index (χ2v) is 5.24. The molecular formula is C17H10BrNO. The van der Waals surface area contributed by atoms with Crippen molar-refractivity contribution in [2.45, 2.75) is 0 Å². The first-order chi connectivity index (χ1) is 9.78. The Bertz CT molecular complexity index is 821. The molecule has 0 aliphatic rings. The number of benzene rings is 3. The first-order valence-electron chi connectivity index (χ1n) is 6.13. The van der Waals surface area contributed by atoms with Crippen LogP contribution in [-0.2, 0) is 0 Å². The quantitative estimate of drug-likeness (QED) is 0.643. The monoisotopic (exact) mass is 323 g/mol. The maximum absolute atomic E-state index is 9.16. The van der Waals surface area contributed by atoms with Gasteiger partial charge in [0.2, 0.25) is 0 Å². The lowest BCUT2D eigenvalue weighted by molar-refractivity contribution is 0.488. The fraction of sp³-hybridized carbons (Fsp3) is 0. The number of nitriles is 1. The third-order valence-corrected chi connectivity index (χ3v) is 3.52. The Morgan fingerprint density at radius 2 is 1.70 bits per heavy atom. The molecule has 20 heavy (non-hydrogen) atoms. The molecule has 0 spiro atoms. The van der Waals surface area contributed by atoms with E-state index in [9.17, 15) is 0 Å². The van der Waals surface area contributed by atoms with Crippen molar-refractivity contribution in [2.75, 3.05) is 0 Å². The molecule has 3 aromatic carbocycles. The van der Waals surface area contributed by atoms with Crippen LogP contribution in [0.3, 0.4) is 0 Å². The summed E-state index contributed by atoms with van der Waals surface area (Å²) in [7, 11) is 0. The Morgan fingerprint density at radius 3 is 2.45 bits per heavy atom. The number of ether oxygens (including phenoxy) is 1. The number of rotatable bonds is 2. The standard InChI is InChI=1S/C17H10BrNO/c18-13-4-3-5-14(10-13)20-17-9-8-12(11-19)15-6-1-2-7-16(15)17/h1-10H. The minimum absolute atomic E-state index is 0.655. The molecule has 0 unspecified atom stereocenters. The van der Waals surface area contributed by atoms with Crippen molar-refractivity contribution in [3.05, 3.63) is 70.7 Å². The molecular weight excluding hydrogens is 314 g/mol. The summed E-state index contributed by atoms with van der Waals surface area (Å²) >= 11 is 3.42. The smallest absolute Gasteiger partial charge is 0.135 e. The average molecular weight is 324 g/mol. The van der Waals surface area contributed by atoms with Gasteiger partial charge in [0, 0.05) is 15.2 Å². The van der Waals surface area contributed by atoms with Gasteiger partial charge < -0.3 is 4.74 Å². The molecule has 3 rings (SSSR count). The van der Waals surface area contributed by atoms with E-state index >= 15 is 0 Å². The molecule has 0 fully saturated rings. The summed E-state index contributed by atoms with van der Waals surface area (Å²) < 4.78 is 6.90. The Kier molecular flexibility index (Phi) is 3.41. The van der Waals surface area contributed by atoms with Gasteiger partial charge in [0.25, 0.3) is 0 Å². The molecule has 0 saturated heterocycles. The summed E-state index contributed by atoms with van der Waals surface area (Å²) in [5.41, 5.74) is 0.655. The highest BCUT2D eigenvalue weighted by atomic mass is 79.9. The predicted molar refractivity (Wildman–Crippen MR) is 82.9 cm³/mol. The van der Waals surface area contributed by atoms with Gasteiger partial charge in [-0.25, -0.2) is 0 Å². The number of hydrogen-bond donors (Lipinski definition) is 0. The van der Waals surface area contributed by atoms with Crippen molar-refractivity contribution < 1.29 is 4.74 Å². The maximum atomic E-state index is 9.16. The van der Waals surface area contributed by atoms with Crippen molar-refractivity contribution in [3.63, 3.8) is 0 Å². The van der Waals surface area contributed by atoms with Crippen molar-refractivity contribution in [1.82, 2.24) is 0 Å². The molecule has 0 aliphatic heterocycles. The van der Waals surface area contributed by atoms with E-state index in [1.807, 2.05) is 54.6 Å². The van der Waals surface area contributed by atoms with Gasteiger partial charge in [-0.1, -0.05) is 46.3 Å².